The maximum Gasteiger partial charge on any atom is 0.416 e. The standard InChI is InChI=1S/C29H21F3N6O3S/c1-18-4-5-20(28(39)37-26-16-21(12-13-34-26)29(30,31)32)15-19(18)6-9-23-17-35-27-25(3-2-14-38(23)27)36-22-7-10-24(11-8-22)42(33,40)41/h2-5,7-8,10-17,36H,1H3,(H2,33,40,41)(H,34,37,39). The van der Waals surface area contributed by atoms with E-state index in [4.69, 9.17) is 5.14 Å². The first-order chi connectivity index (χ1) is 19.9. The maximum absolute atomic E-state index is 13.0. The Bertz CT molecular complexity index is 1990. The number of anilines is 3. The molecule has 0 unspecified atom stereocenters. The number of hydrogen-bond donors (Lipinski definition) is 3. The van der Waals surface area contributed by atoms with E-state index >= 15 is 0 Å². The third kappa shape index (κ3) is 6.25. The second kappa shape index (κ2) is 11.0. The predicted molar refractivity (Wildman–Crippen MR) is 151 cm³/mol. The summed E-state index contributed by atoms with van der Waals surface area (Å²) in [6.07, 6.45) is -0.222. The number of nitrogens with one attached hydrogen (secondary N) is 2. The van der Waals surface area contributed by atoms with Gasteiger partial charge in [0, 0.05) is 29.2 Å². The molecule has 0 spiro atoms. The van der Waals surface area contributed by atoms with Crippen LogP contribution in [0.25, 0.3) is 5.65 Å². The van der Waals surface area contributed by atoms with Gasteiger partial charge in [-0.2, -0.15) is 13.2 Å². The molecule has 0 fully saturated rings. The maximum atomic E-state index is 13.0. The van der Waals surface area contributed by atoms with Gasteiger partial charge in [-0.25, -0.2) is 23.5 Å². The van der Waals surface area contributed by atoms with Crippen molar-refractivity contribution in [1.29, 1.82) is 0 Å². The van der Waals surface area contributed by atoms with Gasteiger partial charge in [0.2, 0.25) is 10.0 Å². The van der Waals surface area contributed by atoms with Gasteiger partial charge in [-0.05, 0) is 79.1 Å². The third-order valence-corrected chi connectivity index (χ3v) is 7.08. The summed E-state index contributed by atoms with van der Waals surface area (Å²) in [5.74, 6) is 5.24. The van der Waals surface area contributed by atoms with E-state index in [-0.39, 0.29) is 16.3 Å². The highest BCUT2D eigenvalue weighted by molar-refractivity contribution is 7.89. The summed E-state index contributed by atoms with van der Waals surface area (Å²) >= 11 is 0. The minimum absolute atomic E-state index is 0.00574. The van der Waals surface area contributed by atoms with Crippen LogP contribution in [0.1, 0.15) is 32.7 Å². The van der Waals surface area contributed by atoms with Crippen LogP contribution >= 0.6 is 0 Å². The number of sulfonamides is 1. The van der Waals surface area contributed by atoms with Crippen molar-refractivity contribution < 1.29 is 26.4 Å². The number of primary sulfonamides is 1. The Morgan fingerprint density at radius 1 is 1.00 bits per heavy atom. The number of nitrogens with zero attached hydrogens (tertiary/aromatic N) is 3. The molecule has 212 valence electrons. The Balaban J connectivity index is 1.37. The van der Waals surface area contributed by atoms with Gasteiger partial charge in [0.25, 0.3) is 5.91 Å². The number of benzene rings is 2. The lowest BCUT2D eigenvalue weighted by Crippen LogP contribution is -2.14. The number of aromatic nitrogens is 3. The van der Waals surface area contributed by atoms with Crippen LogP contribution in [0.15, 0.2) is 90.2 Å². The van der Waals surface area contributed by atoms with E-state index in [0.717, 1.165) is 23.9 Å². The Kier molecular flexibility index (Phi) is 7.42. The molecule has 2 aromatic carbocycles. The smallest absolute Gasteiger partial charge is 0.352 e. The predicted octanol–water partition coefficient (Wildman–Crippen LogP) is 5.10. The quantitative estimate of drug-likeness (QED) is 0.244. The number of pyridine rings is 2. The second-order valence-corrected chi connectivity index (χ2v) is 10.7. The van der Waals surface area contributed by atoms with E-state index < -0.39 is 27.7 Å². The van der Waals surface area contributed by atoms with Gasteiger partial charge < -0.3 is 10.6 Å². The van der Waals surface area contributed by atoms with Crippen molar-refractivity contribution in [3.8, 4) is 11.8 Å². The summed E-state index contributed by atoms with van der Waals surface area (Å²) in [6.45, 7) is 1.82. The number of hydrogen-bond acceptors (Lipinski definition) is 6. The number of carbonyl (C=O) groups is 1. The van der Waals surface area contributed by atoms with Crippen LogP contribution < -0.4 is 15.8 Å². The van der Waals surface area contributed by atoms with Crippen LogP contribution in [0.5, 0.6) is 0 Å². The molecule has 5 aromatic rings. The van der Waals surface area contributed by atoms with E-state index in [1.54, 1.807) is 59.3 Å². The molecule has 0 bridgehead atoms. The van der Waals surface area contributed by atoms with Crippen LogP contribution in [0.2, 0.25) is 0 Å². The lowest BCUT2D eigenvalue weighted by Gasteiger charge is -2.09. The van der Waals surface area contributed by atoms with Crippen molar-refractivity contribution in [2.45, 2.75) is 18.0 Å². The van der Waals surface area contributed by atoms with Crippen molar-refractivity contribution in [3.63, 3.8) is 0 Å². The van der Waals surface area contributed by atoms with Gasteiger partial charge in [-0.1, -0.05) is 12.0 Å². The van der Waals surface area contributed by atoms with Crippen LogP contribution in [-0.2, 0) is 16.2 Å². The van der Waals surface area contributed by atoms with E-state index in [1.807, 2.05) is 6.92 Å². The zero-order valence-corrected chi connectivity index (χ0v) is 22.6. The number of carbonyl (C=O) groups excluding carboxylic acids is 1. The van der Waals surface area contributed by atoms with Crippen molar-refractivity contribution >= 4 is 38.8 Å². The first kappa shape index (κ1) is 28.3. The topological polar surface area (TPSA) is 131 Å². The van der Waals surface area contributed by atoms with E-state index in [0.29, 0.717) is 28.3 Å². The number of rotatable bonds is 5. The molecule has 13 heteroatoms. The summed E-state index contributed by atoms with van der Waals surface area (Å²) < 4.78 is 63.8. The number of imidazole rings is 1. The zero-order chi connectivity index (χ0) is 30.1. The van der Waals surface area contributed by atoms with Crippen molar-refractivity contribution in [3.05, 3.63) is 113 Å². The summed E-state index contributed by atoms with van der Waals surface area (Å²) in [5.41, 5.74) is 2.99. The lowest BCUT2D eigenvalue weighted by atomic mass is 10.0. The SMILES string of the molecule is Cc1ccc(C(=O)Nc2cc(C(F)(F)F)ccn2)cc1C#Cc1cnc2c(Nc3ccc(S(N)(=O)=O)cc3)cccn12. The number of aryl methyl sites for hydroxylation is 1. The fourth-order valence-corrected chi connectivity index (χ4v) is 4.49. The van der Waals surface area contributed by atoms with Gasteiger partial charge in [0.1, 0.15) is 11.5 Å². The number of amides is 1. The Morgan fingerprint density at radius 2 is 1.76 bits per heavy atom. The van der Waals surface area contributed by atoms with Gasteiger partial charge in [0.05, 0.1) is 22.3 Å². The zero-order valence-electron chi connectivity index (χ0n) is 21.8. The van der Waals surface area contributed by atoms with E-state index in [2.05, 4.69) is 32.4 Å². The Morgan fingerprint density at radius 3 is 2.48 bits per heavy atom. The molecule has 3 aromatic heterocycles. The van der Waals surface area contributed by atoms with Crippen LogP contribution in [-0.4, -0.2) is 28.7 Å². The monoisotopic (exact) mass is 590 g/mol. The van der Waals surface area contributed by atoms with Crippen LogP contribution in [0.3, 0.4) is 0 Å². The molecular weight excluding hydrogens is 569 g/mol. The highest BCUT2D eigenvalue weighted by Crippen LogP contribution is 2.30. The number of fused-ring (bicyclic) bond motifs is 1. The van der Waals surface area contributed by atoms with Gasteiger partial charge in [0.15, 0.2) is 5.65 Å². The fourth-order valence-electron chi connectivity index (χ4n) is 3.98. The molecule has 0 atom stereocenters. The minimum Gasteiger partial charge on any atom is -0.352 e. The summed E-state index contributed by atoms with van der Waals surface area (Å²) in [4.78, 5) is 21.0. The van der Waals surface area contributed by atoms with Gasteiger partial charge >= 0.3 is 6.18 Å². The van der Waals surface area contributed by atoms with Gasteiger partial charge in [-0.15, -0.1) is 0 Å². The molecule has 9 nitrogen and oxygen atoms in total. The molecule has 3 heterocycles. The molecule has 1 amide bonds. The molecule has 0 radical (unpaired) electrons. The average Bonchev–Trinajstić information content (AvgIpc) is 3.36. The van der Waals surface area contributed by atoms with Crippen LogP contribution in [0, 0.1) is 18.8 Å². The molecule has 0 saturated carbocycles. The summed E-state index contributed by atoms with van der Waals surface area (Å²) in [6, 6.07) is 15.9. The largest absolute Gasteiger partial charge is 0.416 e. The fraction of sp³-hybridized carbons (Fsp3) is 0.0690. The first-order valence-corrected chi connectivity index (χ1v) is 13.8. The second-order valence-electron chi connectivity index (χ2n) is 9.11. The van der Waals surface area contributed by atoms with Crippen LogP contribution in [0.4, 0.5) is 30.4 Å². The number of halogens is 3. The normalized spacial score (nSPS) is 11.5. The minimum atomic E-state index is -4.56. The van der Waals surface area contributed by atoms with E-state index in [9.17, 15) is 26.4 Å². The van der Waals surface area contributed by atoms with Crippen molar-refractivity contribution in [2.75, 3.05) is 10.6 Å². The molecule has 0 aliphatic carbocycles. The number of nitrogens with two attached hydrogens (primary N) is 1. The molecule has 4 N–H and O–H groups in total. The summed E-state index contributed by atoms with van der Waals surface area (Å²) in [7, 11) is -3.81. The first-order valence-electron chi connectivity index (χ1n) is 12.2. The number of alkyl halides is 3. The molecule has 42 heavy (non-hydrogen) atoms. The molecular formula is C29H21F3N6O3S. The highest BCUT2D eigenvalue weighted by Gasteiger charge is 2.30. The van der Waals surface area contributed by atoms with E-state index in [1.165, 1.54) is 12.1 Å². The molecule has 0 aliphatic heterocycles. The average molecular weight is 591 g/mol. The summed E-state index contributed by atoms with van der Waals surface area (Å²) in [5, 5.41) is 10.7. The lowest BCUT2D eigenvalue weighted by molar-refractivity contribution is -0.137. The third-order valence-electron chi connectivity index (χ3n) is 6.15. The Labute approximate surface area is 238 Å². The van der Waals surface area contributed by atoms with Gasteiger partial charge in [-0.3, -0.25) is 9.20 Å². The van der Waals surface area contributed by atoms with Crippen molar-refractivity contribution in [1.82, 2.24) is 14.4 Å². The molecule has 0 saturated heterocycles. The molecule has 5 rings (SSSR count). The Hall–Kier alpha value is -5.19. The highest BCUT2D eigenvalue weighted by atomic mass is 32.2. The molecule has 0 aliphatic rings. The van der Waals surface area contributed by atoms with Crippen molar-refractivity contribution in [2.24, 2.45) is 5.14 Å².